The van der Waals surface area contributed by atoms with Gasteiger partial charge in [-0.1, -0.05) is 54.6 Å². The van der Waals surface area contributed by atoms with E-state index in [1.54, 1.807) is 12.1 Å². The largest absolute Gasteiger partial charge is 0.488 e. The zero-order valence-electron chi connectivity index (χ0n) is 18.0. The van der Waals surface area contributed by atoms with Crippen LogP contribution < -0.4 is 9.04 Å². The maximum Gasteiger partial charge on any atom is 0.232 e. The Kier molecular flexibility index (Phi) is 5.56. The van der Waals surface area contributed by atoms with Gasteiger partial charge in [-0.15, -0.1) is 0 Å². The smallest absolute Gasteiger partial charge is 0.232 e. The highest BCUT2D eigenvalue weighted by Gasteiger charge is 2.37. The van der Waals surface area contributed by atoms with Crippen molar-refractivity contribution in [2.75, 3.05) is 10.6 Å². The van der Waals surface area contributed by atoms with Crippen molar-refractivity contribution in [3.63, 3.8) is 0 Å². The number of anilines is 1. The van der Waals surface area contributed by atoms with E-state index in [2.05, 4.69) is 16.0 Å². The zero-order chi connectivity index (χ0) is 22.8. The summed E-state index contributed by atoms with van der Waals surface area (Å²) in [6.07, 6.45) is 3.24. The SMILES string of the molecule is CS(=O)(=O)N1c2c[c]ccc2CC1c1cc(-c2ccccc2OCc2ccccc2)ncn1. The van der Waals surface area contributed by atoms with Gasteiger partial charge in [0, 0.05) is 12.0 Å². The minimum absolute atomic E-state index is 0.437. The third-order valence-corrected chi connectivity index (χ3v) is 6.82. The molecular weight excluding hydrogens is 434 g/mol. The molecule has 1 radical (unpaired) electrons. The number of fused-ring (bicyclic) bond motifs is 1. The van der Waals surface area contributed by atoms with Gasteiger partial charge >= 0.3 is 0 Å². The molecule has 33 heavy (non-hydrogen) atoms. The first kappa shape index (κ1) is 21.2. The summed E-state index contributed by atoms with van der Waals surface area (Å²) < 4.78 is 32.8. The van der Waals surface area contributed by atoms with E-state index in [1.807, 2.05) is 66.7 Å². The lowest BCUT2D eigenvalue weighted by Gasteiger charge is -2.25. The first-order valence-corrected chi connectivity index (χ1v) is 12.4. The van der Waals surface area contributed by atoms with E-state index in [9.17, 15) is 8.42 Å². The Morgan fingerprint density at radius 3 is 2.67 bits per heavy atom. The third-order valence-electron chi connectivity index (χ3n) is 5.65. The highest BCUT2D eigenvalue weighted by molar-refractivity contribution is 7.92. The number of nitrogens with zero attached hydrogens (tertiary/aromatic N) is 3. The average Bonchev–Trinajstić information content (AvgIpc) is 3.24. The van der Waals surface area contributed by atoms with Crippen molar-refractivity contribution in [2.45, 2.75) is 19.1 Å². The summed E-state index contributed by atoms with van der Waals surface area (Å²) in [7, 11) is -3.51. The summed E-state index contributed by atoms with van der Waals surface area (Å²) in [6, 6.07) is 27.5. The normalized spacial score (nSPS) is 15.3. The fourth-order valence-electron chi connectivity index (χ4n) is 4.17. The Bertz CT molecular complexity index is 1390. The predicted molar refractivity (Wildman–Crippen MR) is 127 cm³/mol. The fraction of sp³-hybridized carbons (Fsp3) is 0.154. The Morgan fingerprint density at radius 2 is 1.85 bits per heavy atom. The van der Waals surface area contributed by atoms with Crippen LogP contribution in [0.1, 0.15) is 22.9 Å². The quantitative estimate of drug-likeness (QED) is 0.424. The maximum atomic E-state index is 12.7. The van der Waals surface area contributed by atoms with Crippen molar-refractivity contribution >= 4 is 15.7 Å². The molecule has 1 aliphatic rings. The number of benzene rings is 3. The lowest BCUT2D eigenvalue weighted by molar-refractivity contribution is 0.307. The lowest BCUT2D eigenvalue weighted by atomic mass is 10.0. The van der Waals surface area contributed by atoms with Gasteiger partial charge in [-0.05, 0) is 41.5 Å². The van der Waals surface area contributed by atoms with Gasteiger partial charge in [0.05, 0.1) is 29.4 Å². The molecule has 0 saturated heterocycles. The second kappa shape index (κ2) is 8.67. The molecule has 0 amide bonds. The molecule has 0 aliphatic carbocycles. The van der Waals surface area contributed by atoms with Gasteiger partial charge in [-0.3, -0.25) is 4.31 Å². The van der Waals surface area contributed by atoms with Crippen LogP contribution in [0.5, 0.6) is 5.75 Å². The number of aromatic nitrogens is 2. The fourth-order valence-corrected chi connectivity index (χ4v) is 5.34. The topological polar surface area (TPSA) is 72.4 Å². The summed E-state index contributed by atoms with van der Waals surface area (Å²) in [6.45, 7) is 0.437. The van der Waals surface area contributed by atoms with Crippen LogP contribution in [-0.2, 0) is 23.1 Å². The van der Waals surface area contributed by atoms with Crippen LogP contribution in [-0.4, -0.2) is 24.6 Å². The number of hydrogen-bond donors (Lipinski definition) is 0. The molecule has 1 aromatic heterocycles. The van der Waals surface area contributed by atoms with E-state index in [0.29, 0.717) is 35.9 Å². The van der Waals surface area contributed by atoms with E-state index in [1.165, 1.54) is 16.9 Å². The van der Waals surface area contributed by atoms with E-state index < -0.39 is 16.1 Å². The van der Waals surface area contributed by atoms with Gasteiger partial charge in [0.15, 0.2) is 0 Å². The van der Waals surface area contributed by atoms with Gasteiger partial charge < -0.3 is 4.74 Å². The molecule has 0 saturated carbocycles. The highest BCUT2D eigenvalue weighted by atomic mass is 32.2. The molecule has 0 fully saturated rings. The van der Waals surface area contributed by atoms with Gasteiger partial charge in [0.2, 0.25) is 10.0 Å². The molecule has 3 aromatic carbocycles. The van der Waals surface area contributed by atoms with Crippen LogP contribution >= 0.6 is 0 Å². The standard InChI is InChI=1S/C26H22N3O3S/c1-33(30,31)29-24-13-7-5-11-20(24)15-25(29)23-16-22(27-18-28-23)21-12-6-8-14-26(21)32-17-19-9-3-2-4-10-19/h2-6,8-14,16,18,25H,15,17H2,1H3. The van der Waals surface area contributed by atoms with Crippen LogP contribution in [0.3, 0.4) is 0 Å². The van der Waals surface area contributed by atoms with E-state index in [-0.39, 0.29) is 0 Å². The summed E-state index contributed by atoms with van der Waals surface area (Å²) in [4.78, 5) is 8.92. The molecule has 0 spiro atoms. The van der Waals surface area contributed by atoms with E-state index in [0.717, 1.165) is 16.7 Å². The van der Waals surface area contributed by atoms with Crippen molar-refractivity contribution in [2.24, 2.45) is 0 Å². The van der Waals surface area contributed by atoms with Gasteiger partial charge in [0.1, 0.15) is 18.7 Å². The molecule has 1 atom stereocenters. The molecule has 1 unspecified atom stereocenters. The van der Waals surface area contributed by atoms with Crippen LogP contribution in [0.2, 0.25) is 0 Å². The third kappa shape index (κ3) is 4.32. The first-order valence-electron chi connectivity index (χ1n) is 10.6. The molecular formula is C26H22N3O3S. The van der Waals surface area contributed by atoms with Gasteiger partial charge in [-0.2, -0.15) is 0 Å². The van der Waals surface area contributed by atoms with Crippen molar-refractivity contribution in [1.29, 1.82) is 0 Å². The summed E-state index contributed by atoms with van der Waals surface area (Å²) >= 11 is 0. The predicted octanol–water partition coefficient (Wildman–Crippen LogP) is 4.59. The Hall–Kier alpha value is -3.71. The maximum absolute atomic E-state index is 12.7. The Morgan fingerprint density at radius 1 is 1.06 bits per heavy atom. The van der Waals surface area contributed by atoms with E-state index >= 15 is 0 Å². The van der Waals surface area contributed by atoms with Gasteiger partial charge in [0.25, 0.3) is 0 Å². The molecule has 1 aliphatic heterocycles. The second-order valence-electron chi connectivity index (χ2n) is 7.93. The minimum Gasteiger partial charge on any atom is -0.488 e. The summed E-state index contributed by atoms with van der Waals surface area (Å²) in [5, 5.41) is 0. The molecule has 5 rings (SSSR count). The minimum atomic E-state index is -3.51. The van der Waals surface area contributed by atoms with Crippen LogP contribution in [0, 0.1) is 6.07 Å². The number of rotatable bonds is 6. The molecule has 2 heterocycles. The number of hydrogen-bond acceptors (Lipinski definition) is 5. The van der Waals surface area contributed by atoms with Crippen LogP contribution in [0.15, 0.2) is 85.2 Å². The molecule has 165 valence electrons. The summed E-state index contributed by atoms with van der Waals surface area (Å²) in [5.41, 5.74) is 4.82. The second-order valence-corrected chi connectivity index (χ2v) is 9.79. The van der Waals surface area contributed by atoms with Crippen LogP contribution in [0.4, 0.5) is 5.69 Å². The lowest BCUT2D eigenvalue weighted by Crippen LogP contribution is -2.31. The molecule has 0 bridgehead atoms. The number of para-hydroxylation sites is 1. The number of sulfonamides is 1. The van der Waals surface area contributed by atoms with Crippen molar-refractivity contribution in [1.82, 2.24) is 9.97 Å². The Balaban J connectivity index is 1.49. The molecule has 6 nitrogen and oxygen atoms in total. The summed E-state index contributed by atoms with van der Waals surface area (Å²) in [5.74, 6) is 0.704. The van der Waals surface area contributed by atoms with Crippen molar-refractivity contribution < 1.29 is 13.2 Å². The van der Waals surface area contributed by atoms with Crippen molar-refractivity contribution in [3.05, 3.63) is 108 Å². The molecule has 4 aromatic rings. The first-order chi connectivity index (χ1) is 16.0. The average molecular weight is 457 g/mol. The number of ether oxygens (including phenoxy) is 1. The van der Waals surface area contributed by atoms with E-state index in [4.69, 9.17) is 4.74 Å². The molecule has 0 N–H and O–H groups in total. The van der Waals surface area contributed by atoms with Crippen LogP contribution in [0.25, 0.3) is 11.3 Å². The highest BCUT2D eigenvalue weighted by Crippen LogP contribution is 2.42. The molecule has 7 heteroatoms. The van der Waals surface area contributed by atoms with Crippen molar-refractivity contribution in [3.8, 4) is 17.0 Å². The van der Waals surface area contributed by atoms with Gasteiger partial charge in [-0.25, -0.2) is 18.4 Å². The Labute approximate surface area is 193 Å². The zero-order valence-corrected chi connectivity index (χ0v) is 18.9. The monoisotopic (exact) mass is 456 g/mol.